The molecule has 0 aliphatic carbocycles. The molecule has 0 unspecified atom stereocenters. The molecule has 7 heteroatoms. The third-order valence-electron chi connectivity index (χ3n) is 4.27. The summed E-state index contributed by atoms with van der Waals surface area (Å²) >= 11 is 1.22. The van der Waals surface area contributed by atoms with E-state index in [1.165, 1.54) is 36.0 Å². The first-order valence-electron chi connectivity index (χ1n) is 8.69. The Balaban J connectivity index is 1.84. The number of thioether (sulfide) groups is 1. The molecule has 1 heterocycles. The normalized spacial score (nSPS) is 12.1. The van der Waals surface area contributed by atoms with Gasteiger partial charge in [0.05, 0.1) is 16.7 Å². The second-order valence-corrected chi connectivity index (χ2v) is 7.13. The maximum absolute atomic E-state index is 13.0. The zero-order chi connectivity index (χ0) is 19.4. The Hall–Kier alpha value is -2.67. The Bertz CT molecular complexity index is 1020. The minimum atomic E-state index is -0.361. The number of anilines is 1. The van der Waals surface area contributed by atoms with Crippen LogP contribution in [0.1, 0.15) is 26.3 Å². The molecule has 1 aromatic heterocycles. The number of nitrogens with zero attached hydrogens (tertiary/aromatic N) is 2. The van der Waals surface area contributed by atoms with E-state index in [0.717, 1.165) is 6.42 Å². The fourth-order valence-electron chi connectivity index (χ4n) is 2.66. The molecule has 0 spiro atoms. The van der Waals surface area contributed by atoms with Gasteiger partial charge in [0.2, 0.25) is 5.91 Å². The van der Waals surface area contributed by atoms with Crippen LogP contribution in [0.25, 0.3) is 10.9 Å². The van der Waals surface area contributed by atoms with Crippen LogP contribution >= 0.6 is 11.8 Å². The number of benzene rings is 2. The van der Waals surface area contributed by atoms with Gasteiger partial charge in [0.25, 0.3) is 5.56 Å². The van der Waals surface area contributed by atoms with Crippen molar-refractivity contribution in [3.63, 3.8) is 0 Å². The number of aromatic nitrogens is 2. The minimum Gasteiger partial charge on any atom is -0.325 e. The fourth-order valence-corrected chi connectivity index (χ4v) is 3.56. The summed E-state index contributed by atoms with van der Waals surface area (Å²) in [6, 6.07) is 12.7. The summed E-state index contributed by atoms with van der Waals surface area (Å²) in [5.41, 5.74) is 1.03. The maximum Gasteiger partial charge on any atom is 0.262 e. The van der Waals surface area contributed by atoms with E-state index in [9.17, 15) is 14.0 Å². The highest BCUT2D eigenvalue weighted by Crippen LogP contribution is 2.22. The van der Waals surface area contributed by atoms with Gasteiger partial charge in [-0.05, 0) is 49.7 Å². The lowest BCUT2D eigenvalue weighted by atomic mass is 10.2. The molecule has 0 aliphatic rings. The topological polar surface area (TPSA) is 64.0 Å². The van der Waals surface area contributed by atoms with Crippen LogP contribution in [-0.4, -0.2) is 21.2 Å². The number of para-hydroxylation sites is 1. The lowest BCUT2D eigenvalue weighted by Crippen LogP contribution is -2.26. The third-order valence-corrected chi connectivity index (χ3v) is 5.22. The molecule has 3 rings (SSSR count). The molecule has 2 aromatic carbocycles. The average molecular weight is 385 g/mol. The van der Waals surface area contributed by atoms with Gasteiger partial charge in [-0.3, -0.25) is 14.2 Å². The average Bonchev–Trinajstić information content (AvgIpc) is 2.68. The van der Waals surface area contributed by atoms with E-state index < -0.39 is 0 Å². The summed E-state index contributed by atoms with van der Waals surface area (Å²) in [5, 5.41) is 3.80. The number of amides is 1. The summed E-state index contributed by atoms with van der Waals surface area (Å²) in [5.74, 6) is -0.511. The van der Waals surface area contributed by atoms with Crippen molar-refractivity contribution >= 4 is 34.3 Å². The van der Waals surface area contributed by atoms with Crippen LogP contribution in [0.15, 0.2) is 58.5 Å². The van der Waals surface area contributed by atoms with Gasteiger partial charge in [-0.2, -0.15) is 0 Å². The first kappa shape index (κ1) is 19.1. The molecule has 5 nitrogen and oxygen atoms in total. The number of fused-ring (bicyclic) bond motifs is 1. The summed E-state index contributed by atoms with van der Waals surface area (Å²) in [6.45, 7) is 3.96. The SMILES string of the molecule is CC[C@@H](C)n1c(SCC(=O)Nc2ccc(F)cc2)nc2ccccc2c1=O. The van der Waals surface area contributed by atoms with Crippen LogP contribution in [0.3, 0.4) is 0 Å². The summed E-state index contributed by atoms with van der Waals surface area (Å²) in [6.07, 6.45) is 0.773. The molecule has 1 N–H and O–H groups in total. The van der Waals surface area contributed by atoms with Crippen LogP contribution in [0.4, 0.5) is 10.1 Å². The molecule has 0 saturated heterocycles. The van der Waals surface area contributed by atoms with Crippen molar-refractivity contribution in [1.82, 2.24) is 9.55 Å². The molecule has 1 atom stereocenters. The van der Waals surface area contributed by atoms with Gasteiger partial charge in [-0.25, -0.2) is 9.37 Å². The summed E-state index contributed by atoms with van der Waals surface area (Å²) < 4.78 is 14.6. The molecule has 3 aromatic rings. The molecule has 27 heavy (non-hydrogen) atoms. The summed E-state index contributed by atoms with van der Waals surface area (Å²) in [4.78, 5) is 29.7. The van der Waals surface area contributed by atoms with Crippen molar-refractivity contribution < 1.29 is 9.18 Å². The van der Waals surface area contributed by atoms with Crippen LogP contribution in [-0.2, 0) is 4.79 Å². The van der Waals surface area contributed by atoms with E-state index >= 15 is 0 Å². The van der Waals surface area contributed by atoms with Gasteiger partial charge in [0.15, 0.2) is 5.16 Å². The maximum atomic E-state index is 13.0. The van der Waals surface area contributed by atoms with Crippen molar-refractivity contribution in [3.8, 4) is 0 Å². The third kappa shape index (κ3) is 4.36. The van der Waals surface area contributed by atoms with Gasteiger partial charge < -0.3 is 5.32 Å². The van der Waals surface area contributed by atoms with E-state index in [0.29, 0.717) is 21.7 Å². The predicted octanol–water partition coefficient (Wildman–Crippen LogP) is 4.24. The minimum absolute atomic E-state index is 0.0303. The largest absolute Gasteiger partial charge is 0.325 e. The number of carbonyl (C=O) groups excluding carboxylic acids is 1. The zero-order valence-corrected chi connectivity index (χ0v) is 15.9. The highest BCUT2D eigenvalue weighted by molar-refractivity contribution is 7.99. The van der Waals surface area contributed by atoms with Crippen molar-refractivity contribution in [2.75, 3.05) is 11.1 Å². The molecular weight excluding hydrogens is 365 g/mol. The Morgan fingerprint density at radius 3 is 2.63 bits per heavy atom. The molecule has 140 valence electrons. The monoisotopic (exact) mass is 385 g/mol. The number of nitrogens with one attached hydrogen (secondary N) is 1. The van der Waals surface area contributed by atoms with Gasteiger partial charge in [0, 0.05) is 11.7 Å². The van der Waals surface area contributed by atoms with Gasteiger partial charge in [0.1, 0.15) is 5.82 Å². The molecular formula is C20H20FN3O2S. The Morgan fingerprint density at radius 2 is 1.93 bits per heavy atom. The number of hydrogen-bond acceptors (Lipinski definition) is 4. The molecule has 0 bridgehead atoms. The highest BCUT2D eigenvalue weighted by atomic mass is 32.2. The van der Waals surface area contributed by atoms with Crippen molar-refractivity contribution in [2.24, 2.45) is 0 Å². The molecule has 1 amide bonds. The fraction of sp³-hybridized carbons (Fsp3) is 0.250. The number of halogens is 1. The predicted molar refractivity (Wildman–Crippen MR) is 107 cm³/mol. The quantitative estimate of drug-likeness (QED) is 0.509. The van der Waals surface area contributed by atoms with Gasteiger partial charge in [-0.1, -0.05) is 30.8 Å². The van der Waals surface area contributed by atoms with Gasteiger partial charge >= 0.3 is 0 Å². The Kier molecular flexibility index (Phi) is 5.91. The number of hydrogen-bond donors (Lipinski definition) is 1. The van der Waals surface area contributed by atoms with E-state index in [4.69, 9.17) is 0 Å². The Labute approximate surface area is 160 Å². The van der Waals surface area contributed by atoms with Crippen LogP contribution in [0.2, 0.25) is 0 Å². The second-order valence-electron chi connectivity index (χ2n) is 6.19. The lowest BCUT2D eigenvalue weighted by molar-refractivity contribution is -0.113. The summed E-state index contributed by atoms with van der Waals surface area (Å²) in [7, 11) is 0. The van der Waals surface area contributed by atoms with Crippen LogP contribution in [0.5, 0.6) is 0 Å². The van der Waals surface area contributed by atoms with Crippen LogP contribution in [0, 0.1) is 5.82 Å². The first-order chi connectivity index (χ1) is 13.0. The van der Waals surface area contributed by atoms with E-state index in [1.54, 1.807) is 16.7 Å². The first-order valence-corrected chi connectivity index (χ1v) is 9.67. The van der Waals surface area contributed by atoms with Crippen molar-refractivity contribution in [1.29, 1.82) is 0 Å². The van der Waals surface area contributed by atoms with Crippen molar-refractivity contribution in [2.45, 2.75) is 31.5 Å². The van der Waals surface area contributed by atoms with E-state index in [2.05, 4.69) is 10.3 Å². The molecule has 0 radical (unpaired) electrons. The smallest absolute Gasteiger partial charge is 0.262 e. The lowest BCUT2D eigenvalue weighted by Gasteiger charge is -2.18. The highest BCUT2D eigenvalue weighted by Gasteiger charge is 2.16. The Morgan fingerprint density at radius 1 is 1.22 bits per heavy atom. The van der Waals surface area contributed by atoms with E-state index in [-0.39, 0.29) is 29.1 Å². The zero-order valence-electron chi connectivity index (χ0n) is 15.1. The number of carbonyl (C=O) groups is 1. The van der Waals surface area contributed by atoms with Crippen molar-refractivity contribution in [3.05, 3.63) is 64.7 Å². The van der Waals surface area contributed by atoms with E-state index in [1.807, 2.05) is 26.0 Å². The second kappa shape index (κ2) is 8.35. The molecule has 0 saturated carbocycles. The molecule has 0 fully saturated rings. The molecule has 0 aliphatic heterocycles. The standard InChI is InChI=1S/C20H20FN3O2S/c1-3-13(2)24-19(26)16-6-4-5-7-17(16)23-20(24)27-12-18(25)22-15-10-8-14(21)9-11-15/h4-11,13H,3,12H2,1-2H3,(H,22,25)/t13-/m1/s1. The van der Waals surface area contributed by atoms with Gasteiger partial charge in [-0.15, -0.1) is 0 Å². The number of rotatable bonds is 6. The van der Waals surface area contributed by atoms with Crippen LogP contribution < -0.4 is 10.9 Å².